The average Bonchev–Trinajstić information content (AvgIpc) is 3.08. The van der Waals surface area contributed by atoms with E-state index < -0.39 is 6.04 Å². The maximum atomic E-state index is 13.3. The number of carbonyl (C=O) groups is 1. The van der Waals surface area contributed by atoms with Crippen molar-refractivity contribution < 1.29 is 4.79 Å². The largest absolute Gasteiger partial charge is 0.323 e. The SMILES string of the molecule is CCC(C(=O)Nc1ccccc1Br)n1nc(C)c2sc3ccccc3c2c1=O. The van der Waals surface area contributed by atoms with Gasteiger partial charge in [0.25, 0.3) is 5.56 Å². The van der Waals surface area contributed by atoms with Crippen molar-refractivity contribution in [1.29, 1.82) is 0 Å². The lowest BCUT2D eigenvalue weighted by Crippen LogP contribution is -2.35. The number of rotatable bonds is 4. The van der Waals surface area contributed by atoms with Crippen LogP contribution in [0.3, 0.4) is 0 Å². The Balaban J connectivity index is 1.83. The number of nitrogens with zero attached hydrogens (tertiary/aromatic N) is 2. The van der Waals surface area contributed by atoms with Crippen molar-refractivity contribution in [2.24, 2.45) is 0 Å². The summed E-state index contributed by atoms with van der Waals surface area (Å²) in [6, 6.07) is 14.5. The Morgan fingerprint density at radius 3 is 2.68 bits per heavy atom. The summed E-state index contributed by atoms with van der Waals surface area (Å²) in [5.41, 5.74) is 1.19. The van der Waals surface area contributed by atoms with Gasteiger partial charge < -0.3 is 5.32 Å². The number of aromatic nitrogens is 2. The second-order valence-electron chi connectivity index (χ2n) is 6.53. The molecule has 1 amide bonds. The number of benzene rings is 2. The Morgan fingerprint density at radius 2 is 1.93 bits per heavy atom. The van der Waals surface area contributed by atoms with Gasteiger partial charge in [0, 0.05) is 14.6 Å². The van der Waals surface area contributed by atoms with E-state index in [1.165, 1.54) is 4.68 Å². The van der Waals surface area contributed by atoms with Gasteiger partial charge in [-0.1, -0.05) is 37.3 Å². The van der Waals surface area contributed by atoms with E-state index in [1.807, 2.05) is 62.4 Å². The molecule has 0 radical (unpaired) electrons. The molecule has 0 saturated carbocycles. The molecule has 5 nitrogen and oxygen atoms in total. The van der Waals surface area contributed by atoms with E-state index >= 15 is 0 Å². The number of halogens is 1. The third kappa shape index (κ3) is 3.14. The number of hydrogen-bond acceptors (Lipinski definition) is 4. The standard InChI is InChI=1S/C21H18BrN3O2S/c1-3-16(20(26)23-15-10-6-5-9-14(15)22)25-21(27)18-13-8-4-7-11-17(13)28-19(18)12(2)24-25/h4-11,16H,3H2,1-2H3,(H,23,26). The van der Waals surface area contributed by atoms with Crippen LogP contribution in [-0.4, -0.2) is 15.7 Å². The van der Waals surface area contributed by atoms with Crippen molar-refractivity contribution in [3.8, 4) is 0 Å². The third-order valence-corrected chi connectivity index (χ3v) is 6.69. The molecule has 0 fully saturated rings. The minimum absolute atomic E-state index is 0.229. The first-order chi connectivity index (χ1) is 13.5. The third-order valence-electron chi connectivity index (χ3n) is 4.72. The molecule has 28 heavy (non-hydrogen) atoms. The number of amides is 1. The van der Waals surface area contributed by atoms with Gasteiger partial charge in [-0.25, -0.2) is 4.68 Å². The highest BCUT2D eigenvalue weighted by molar-refractivity contribution is 9.10. The van der Waals surface area contributed by atoms with Gasteiger partial charge in [0.05, 0.1) is 21.5 Å². The van der Waals surface area contributed by atoms with E-state index in [2.05, 4.69) is 26.3 Å². The quantitative estimate of drug-likeness (QED) is 0.455. The fourth-order valence-corrected chi connectivity index (χ4v) is 4.86. The van der Waals surface area contributed by atoms with E-state index in [1.54, 1.807) is 11.3 Å². The molecule has 2 aromatic carbocycles. The zero-order valence-corrected chi connectivity index (χ0v) is 17.8. The maximum absolute atomic E-state index is 13.3. The summed E-state index contributed by atoms with van der Waals surface area (Å²) in [4.78, 5) is 26.3. The number of thiophene rings is 1. The number of aryl methyl sites for hydroxylation is 1. The summed E-state index contributed by atoms with van der Waals surface area (Å²) in [5.74, 6) is -0.262. The molecule has 0 aliphatic carbocycles. The minimum Gasteiger partial charge on any atom is -0.323 e. The molecule has 1 unspecified atom stereocenters. The number of carbonyl (C=O) groups excluding carboxylic acids is 1. The molecule has 0 spiro atoms. The van der Waals surface area contributed by atoms with Gasteiger partial charge >= 0.3 is 0 Å². The van der Waals surface area contributed by atoms with Crippen LogP contribution in [-0.2, 0) is 4.79 Å². The summed E-state index contributed by atoms with van der Waals surface area (Å²) in [7, 11) is 0. The lowest BCUT2D eigenvalue weighted by atomic mass is 10.1. The zero-order chi connectivity index (χ0) is 19.8. The molecule has 0 bridgehead atoms. The van der Waals surface area contributed by atoms with Crippen molar-refractivity contribution in [3.63, 3.8) is 0 Å². The zero-order valence-electron chi connectivity index (χ0n) is 15.4. The van der Waals surface area contributed by atoms with Crippen LogP contribution in [0.15, 0.2) is 57.8 Å². The second kappa shape index (κ2) is 7.48. The minimum atomic E-state index is -0.693. The monoisotopic (exact) mass is 455 g/mol. The highest BCUT2D eigenvalue weighted by Gasteiger charge is 2.24. The van der Waals surface area contributed by atoms with Gasteiger partial charge in [-0.3, -0.25) is 9.59 Å². The molecule has 4 aromatic rings. The topological polar surface area (TPSA) is 64.0 Å². The van der Waals surface area contributed by atoms with Crippen LogP contribution < -0.4 is 10.9 Å². The smallest absolute Gasteiger partial charge is 0.276 e. The molecule has 142 valence electrons. The van der Waals surface area contributed by atoms with Crippen LogP contribution in [0.5, 0.6) is 0 Å². The molecular weight excluding hydrogens is 438 g/mol. The summed E-state index contributed by atoms with van der Waals surface area (Å²) in [5, 5.41) is 8.95. The number of fused-ring (bicyclic) bond motifs is 3. The summed E-state index contributed by atoms with van der Waals surface area (Å²) >= 11 is 5.00. The predicted molar refractivity (Wildman–Crippen MR) is 118 cm³/mol. The number of para-hydroxylation sites is 1. The molecule has 1 N–H and O–H groups in total. The highest BCUT2D eigenvalue weighted by Crippen LogP contribution is 2.33. The van der Waals surface area contributed by atoms with Gasteiger partial charge in [-0.2, -0.15) is 5.10 Å². The van der Waals surface area contributed by atoms with E-state index in [-0.39, 0.29) is 11.5 Å². The first-order valence-electron chi connectivity index (χ1n) is 8.97. The fraction of sp³-hybridized carbons (Fsp3) is 0.190. The first-order valence-corrected chi connectivity index (χ1v) is 10.6. The van der Waals surface area contributed by atoms with Crippen LogP contribution in [0.1, 0.15) is 25.1 Å². The molecule has 4 rings (SSSR count). The van der Waals surface area contributed by atoms with E-state index in [9.17, 15) is 9.59 Å². The number of nitrogens with one attached hydrogen (secondary N) is 1. The van der Waals surface area contributed by atoms with Crippen molar-refractivity contribution in [1.82, 2.24) is 9.78 Å². The lowest BCUT2D eigenvalue weighted by molar-refractivity contribution is -0.119. The van der Waals surface area contributed by atoms with Crippen LogP contribution in [0.2, 0.25) is 0 Å². The van der Waals surface area contributed by atoms with Crippen LogP contribution in [0.25, 0.3) is 20.2 Å². The van der Waals surface area contributed by atoms with Crippen molar-refractivity contribution in [2.75, 3.05) is 5.32 Å². The Morgan fingerprint density at radius 1 is 1.21 bits per heavy atom. The number of anilines is 1. The van der Waals surface area contributed by atoms with Gasteiger partial charge in [0.1, 0.15) is 6.04 Å². The van der Waals surface area contributed by atoms with Crippen LogP contribution in [0.4, 0.5) is 5.69 Å². The van der Waals surface area contributed by atoms with Gasteiger partial charge in [-0.15, -0.1) is 11.3 Å². The van der Waals surface area contributed by atoms with Crippen LogP contribution >= 0.6 is 27.3 Å². The normalized spacial score (nSPS) is 12.4. The Kier molecular flexibility index (Phi) is 5.03. The van der Waals surface area contributed by atoms with Crippen LogP contribution in [0, 0.1) is 6.92 Å². The fourth-order valence-electron chi connectivity index (χ4n) is 3.34. The van der Waals surface area contributed by atoms with Gasteiger partial charge in [-0.05, 0) is 47.5 Å². The van der Waals surface area contributed by atoms with Gasteiger partial charge in [0.2, 0.25) is 5.91 Å². The Bertz CT molecular complexity index is 1260. The molecule has 2 aromatic heterocycles. The van der Waals surface area contributed by atoms with E-state index in [0.29, 0.717) is 17.5 Å². The average molecular weight is 456 g/mol. The lowest BCUT2D eigenvalue weighted by Gasteiger charge is -2.18. The molecule has 0 aliphatic heterocycles. The van der Waals surface area contributed by atoms with E-state index in [0.717, 1.165) is 25.0 Å². The molecule has 0 saturated heterocycles. The first kappa shape index (κ1) is 18.8. The molecule has 1 atom stereocenters. The summed E-state index contributed by atoms with van der Waals surface area (Å²) in [6.45, 7) is 3.76. The second-order valence-corrected chi connectivity index (χ2v) is 8.44. The predicted octanol–water partition coefficient (Wildman–Crippen LogP) is 5.27. The summed E-state index contributed by atoms with van der Waals surface area (Å²) < 4.78 is 4.05. The highest BCUT2D eigenvalue weighted by atomic mass is 79.9. The molecule has 0 aliphatic rings. The molecular formula is C21H18BrN3O2S. The van der Waals surface area contributed by atoms with Crippen molar-refractivity contribution >= 4 is 59.0 Å². The Hall–Kier alpha value is -2.51. The Labute approximate surface area is 174 Å². The number of hydrogen-bond donors (Lipinski definition) is 1. The van der Waals surface area contributed by atoms with Crippen molar-refractivity contribution in [3.05, 3.63) is 69.1 Å². The summed E-state index contributed by atoms with van der Waals surface area (Å²) in [6.07, 6.45) is 0.455. The van der Waals surface area contributed by atoms with Gasteiger partial charge in [0.15, 0.2) is 0 Å². The molecule has 2 heterocycles. The molecule has 7 heteroatoms. The van der Waals surface area contributed by atoms with Crippen molar-refractivity contribution in [2.45, 2.75) is 26.3 Å². The maximum Gasteiger partial charge on any atom is 0.276 e. The van der Waals surface area contributed by atoms with E-state index in [4.69, 9.17) is 0 Å².